The molecule has 1 saturated heterocycles. The minimum Gasteiger partial charge on any atom is -0.493 e. The third kappa shape index (κ3) is 4.54. The summed E-state index contributed by atoms with van der Waals surface area (Å²) in [5.41, 5.74) is 1.67. The molecule has 1 aromatic heterocycles. The summed E-state index contributed by atoms with van der Waals surface area (Å²) in [7, 11) is 3.10. The zero-order chi connectivity index (χ0) is 19.2. The average Bonchev–Trinajstić information content (AvgIpc) is 2.73. The number of carbonyl (C=O) groups excluding carboxylic acids is 1. The van der Waals surface area contributed by atoms with Crippen molar-refractivity contribution in [2.45, 2.75) is 18.8 Å². The van der Waals surface area contributed by atoms with Crippen LogP contribution in [0.4, 0.5) is 0 Å². The number of hydrogen-bond acceptors (Lipinski definition) is 5. The second-order valence-corrected chi connectivity index (χ2v) is 6.79. The smallest absolute Gasteiger partial charge is 0.257 e. The van der Waals surface area contributed by atoms with E-state index < -0.39 is 0 Å². The van der Waals surface area contributed by atoms with Crippen LogP contribution in [-0.2, 0) is 0 Å². The van der Waals surface area contributed by atoms with E-state index in [2.05, 4.69) is 21.3 Å². The highest BCUT2D eigenvalue weighted by Crippen LogP contribution is 2.28. The number of likely N-dealkylation sites (tertiary alicyclic amines) is 1. The van der Waals surface area contributed by atoms with Crippen LogP contribution in [0.15, 0.2) is 42.7 Å². The van der Waals surface area contributed by atoms with E-state index in [0.29, 0.717) is 28.1 Å². The standard InChI is InChI=1S/C20H23N3O3S/c1-25-17-8-7-14(11-18(17)26-2)19(24)22-20(27)23-10-4-6-16(13-23)15-5-3-9-21-12-15/h3,5,7-9,11-12,16H,4,6,10,13H2,1-2H3,(H,22,24,27)/t16-/m0/s1. The zero-order valence-electron chi connectivity index (χ0n) is 15.5. The van der Waals surface area contributed by atoms with Crippen LogP contribution in [-0.4, -0.2) is 48.2 Å². The van der Waals surface area contributed by atoms with Gasteiger partial charge >= 0.3 is 0 Å². The van der Waals surface area contributed by atoms with Gasteiger partial charge in [0.1, 0.15) is 0 Å². The molecular formula is C20H23N3O3S. The molecule has 1 amide bonds. The van der Waals surface area contributed by atoms with E-state index in [0.717, 1.165) is 25.9 Å². The van der Waals surface area contributed by atoms with Crippen LogP contribution >= 0.6 is 12.2 Å². The van der Waals surface area contributed by atoms with Gasteiger partial charge in [-0.1, -0.05) is 6.07 Å². The Morgan fingerprint density at radius 3 is 2.78 bits per heavy atom. The number of methoxy groups -OCH3 is 2. The van der Waals surface area contributed by atoms with E-state index in [1.54, 1.807) is 31.5 Å². The lowest BCUT2D eigenvalue weighted by Crippen LogP contribution is -2.46. The topological polar surface area (TPSA) is 63.7 Å². The van der Waals surface area contributed by atoms with E-state index in [-0.39, 0.29) is 5.91 Å². The molecule has 1 aromatic carbocycles. The number of thiocarbonyl (C=S) groups is 1. The number of hydrogen-bond donors (Lipinski definition) is 1. The van der Waals surface area contributed by atoms with Crippen LogP contribution < -0.4 is 14.8 Å². The van der Waals surface area contributed by atoms with Gasteiger partial charge in [0, 0.05) is 37.0 Å². The first kappa shape index (κ1) is 19.1. The number of nitrogens with one attached hydrogen (secondary N) is 1. The molecule has 0 spiro atoms. The van der Waals surface area contributed by atoms with Gasteiger partial charge < -0.3 is 14.4 Å². The van der Waals surface area contributed by atoms with Crippen molar-refractivity contribution in [3.8, 4) is 11.5 Å². The van der Waals surface area contributed by atoms with Gasteiger partial charge in [-0.3, -0.25) is 15.1 Å². The van der Waals surface area contributed by atoms with Crippen molar-refractivity contribution in [3.05, 3.63) is 53.9 Å². The molecule has 7 heteroatoms. The van der Waals surface area contributed by atoms with Gasteiger partial charge in [0.2, 0.25) is 0 Å². The summed E-state index contributed by atoms with van der Waals surface area (Å²) in [5.74, 6) is 1.19. The molecule has 0 bridgehead atoms. The maximum atomic E-state index is 12.6. The molecule has 0 saturated carbocycles. The van der Waals surface area contributed by atoms with Gasteiger partial charge in [-0.25, -0.2) is 0 Å². The van der Waals surface area contributed by atoms with Crippen LogP contribution in [0.25, 0.3) is 0 Å². The highest BCUT2D eigenvalue weighted by molar-refractivity contribution is 7.80. The van der Waals surface area contributed by atoms with E-state index >= 15 is 0 Å². The molecule has 2 heterocycles. The molecule has 0 unspecified atom stereocenters. The van der Waals surface area contributed by atoms with E-state index in [1.165, 1.54) is 12.7 Å². The fourth-order valence-corrected chi connectivity index (χ4v) is 3.54. The van der Waals surface area contributed by atoms with Gasteiger partial charge in [0.15, 0.2) is 16.6 Å². The predicted octanol–water partition coefficient (Wildman–Crippen LogP) is 2.99. The minimum absolute atomic E-state index is 0.260. The number of rotatable bonds is 4. The maximum absolute atomic E-state index is 12.6. The average molecular weight is 385 g/mol. The molecule has 142 valence electrons. The molecule has 1 aliphatic rings. The van der Waals surface area contributed by atoms with Crippen molar-refractivity contribution in [1.29, 1.82) is 0 Å². The van der Waals surface area contributed by atoms with Gasteiger partial charge in [0.25, 0.3) is 5.91 Å². The van der Waals surface area contributed by atoms with Gasteiger partial charge in [-0.2, -0.15) is 0 Å². The number of ether oxygens (including phenoxy) is 2. The number of amides is 1. The molecule has 1 fully saturated rings. The second kappa shape index (κ2) is 8.81. The number of aromatic nitrogens is 1. The van der Waals surface area contributed by atoms with Crippen LogP contribution in [0.5, 0.6) is 11.5 Å². The summed E-state index contributed by atoms with van der Waals surface area (Å²) in [4.78, 5) is 18.8. The lowest BCUT2D eigenvalue weighted by atomic mass is 9.92. The van der Waals surface area contributed by atoms with Crippen molar-refractivity contribution in [3.63, 3.8) is 0 Å². The Balaban J connectivity index is 1.65. The number of pyridine rings is 1. The SMILES string of the molecule is COc1ccc(C(=O)NC(=S)N2CCC[C@H](c3cccnc3)C2)cc1OC. The van der Waals surface area contributed by atoms with Crippen molar-refractivity contribution in [2.24, 2.45) is 0 Å². The van der Waals surface area contributed by atoms with Gasteiger partial charge in [-0.05, 0) is 54.9 Å². The number of nitrogens with zero attached hydrogens (tertiary/aromatic N) is 2. The summed E-state index contributed by atoms with van der Waals surface area (Å²) in [6, 6.07) is 9.08. The van der Waals surface area contributed by atoms with E-state index in [9.17, 15) is 4.79 Å². The summed E-state index contributed by atoms with van der Waals surface area (Å²) >= 11 is 5.49. The minimum atomic E-state index is -0.260. The van der Waals surface area contributed by atoms with Crippen LogP contribution in [0, 0.1) is 0 Å². The Bertz CT molecular complexity index is 813. The number of benzene rings is 1. The molecule has 3 rings (SSSR count). The molecule has 6 nitrogen and oxygen atoms in total. The largest absolute Gasteiger partial charge is 0.493 e. The van der Waals surface area contributed by atoms with E-state index in [1.807, 2.05) is 12.3 Å². The maximum Gasteiger partial charge on any atom is 0.257 e. The Morgan fingerprint density at radius 1 is 1.26 bits per heavy atom. The third-order valence-corrected chi connectivity index (χ3v) is 5.09. The normalized spacial score (nSPS) is 16.5. The number of piperidine rings is 1. The zero-order valence-corrected chi connectivity index (χ0v) is 16.3. The Labute approximate surface area is 164 Å². The summed E-state index contributed by atoms with van der Waals surface area (Å²) in [6.07, 6.45) is 5.79. The van der Waals surface area contributed by atoms with Crippen molar-refractivity contribution >= 4 is 23.2 Å². The molecule has 1 aliphatic heterocycles. The lowest BCUT2D eigenvalue weighted by molar-refractivity contribution is 0.0971. The van der Waals surface area contributed by atoms with Gasteiger partial charge in [-0.15, -0.1) is 0 Å². The molecule has 1 atom stereocenters. The molecule has 27 heavy (non-hydrogen) atoms. The summed E-state index contributed by atoms with van der Waals surface area (Å²) in [5, 5.41) is 3.28. The first-order valence-corrected chi connectivity index (χ1v) is 9.25. The Morgan fingerprint density at radius 2 is 2.07 bits per heavy atom. The molecular weight excluding hydrogens is 362 g/mol. The van der Waals surface area contributed by atoms with Crippen LogP contribution in [0.2, 0.25) is 0 Å². The first-order valence-electron chi connectivity index (χ1n) is 8.84. The Kier molecular flexibility index (Phi) is 6.24. The first-order chi connectivity index (χ1) is 13.1. The monoisotopic (exact) mass is 385 g/mol. The molecule has 0 aliphatic carbocycles. The van der Waals surface area contributed by atoms with Crippen LogP contribution in [0.1, 0.15) is 34.7 Å². The highest BCUT2D eigenvalue weighted by Gasteiger charge is 2.24. The molecule has 0 radical (unpaired) electrons. The highest BCUT2D eigenvalue weighted by atomic mass is 32.1. The van der Waals surface area contributed by atoms with Crippen LogP contribution in [0.3, 0.4) is 0 Å². The second-order valence-electron chi connectivity index (χ2n) is 6.40. The van der Waals surface area contributed by atoms with Crippen molar-refractivity contribution in [2.75, 3.05) is 27.3 Å². The van der Waals surface area contributed by atoms with Crippen molar-refractivity contribution in [1.82, 2.24) is 15.2 Å². The summed E-state index contributed by atoms with van der Waals surface area (Å²) < 4.78 is 10.5. The van der Waals surface area contributed by atoms with E-state index in [4.69, 9.17) is 21.7 Å². The fourth-order valence-electron chi connectivity index (χ4n) is 3.28. The third-order valence-electron chi connectivity index (χ3n) is 4.73. The predicted molar refractivity (Wildman–Crippen MR) is 107 cm³/mol. The molecule has 1 N–H and O–H groups in total. The number of carbonyl (C=O) groups is 1. The fraction of sp³-hybridized carbons (Fsp3) is 0.350. The van der Waals surface area contributed by atoms with Crippen molar-refractivity contribution < 1.29 is 14.3 Å². The Hall–Kier alpha value is -2.67. The van der Waals surface area contributed by atoms with Gasteiger partial charge in [0.05, 0.1) is 14.2 Å². The summed E-state index contributed by atoms with van der Waals surface area (Å²) in [6.45, 7) is 1.61. The lowest BCUT2D eigenvalue weighted by Gasteiger charge is -2.34. The molecule has 2 aromatic rings. The quantitative estimate of drug-likeness (QED) is 0.817.